The van der Waals surface area contributed by atoms with Crippen LogP contribution in [0, 0.1) is 20.2 Å². The molecular formula is C20H13ClN4O6. The highest BCUT2D eigenvalue weighted by atomic mass is 35.5. The van der Waals surface area contributed by atoms with Crippen molar-refractivity contribution in [3.05, 3.63) is 103 Å². The summed E-state index contributed by atoms with van der Waals surface area (Å²) in [5.41, 5.74) is 2.58. The fraction of sp³-hybridized carbons (Fsp3) is 0. The summed E-state index contributed by atoms with van der Waals surface area (Å²) in [4.78, 5) is 32.5. The summed E-state index contributed by atoms with van der Waals surface area (Å²) < 4.78 is 5.27. The van der Waals surface area contributed by atoms with E-state index < -0.39 is 27.2 Å². The maximum atomic E-state index is 12.1. The van der Waals surface area contributed by atoms with Crippen LogP contribution in [-0.4, -0.2) is 22.0 Å². The predicted molar refractivity (Wildman–Crippen MR) is 114 cm³/mol. The molecule has 0 amide bonds. The number of hydrogen-bond acceptors (Lipinski definition) is 8. The lowest BCUT2D eigenvalue weighted by atomic mass is 10.2. The Bertz CT molecular complexity index is 1160. The second kappa shape index (κ2) is 9.46. The van der Waals surface area contributed by atoms with E-state index in [1.807, 2.05) is 0 Å². The smallest absolute Gasteiger partial charge is 0.343 e. The lowest BCUT2D eigenvalue weighted by Crippen LogP contribution is -2.08. The third-order valence-corrected chi connectivity index (χ3v) is 4.21. The van der Waals surface area contributed by atoms with Gasteiger partial charge in [-0.3, -0.25) is 25.7 Å². The summed E-state index contributed by atoms with van der Waals surface area (Å²) >= 11 is 5.79. The normalized spacial score (nSPS) is 10.6. The largest absolute Gasteiger partial charge is 0.423 e. The van der Waals surface area contributed by atoms with E-state index in [2.05, 4.69) is 10.5 Å². The third-order valence-electron chi connectivity index (χ3n) is 3.96. The van der Waals surface area contributed by atoms with E-state index in [9.17, 15) is 25.0 Å². The number of non-ortho nitro benzene ring substituents is 1. The third kappa shape index (κ3) is 5.61. The molecule has 0 aromatic heterocycles. The van der Waals surface area contributed by atoms with Crippen molar-refractivity contribution in [2.24, 2.45) is 5.10 Å². The Balaban J connectivity index is 1.65. The highest BCUT2D eigenvalue weighted by molar-refractivity contribution is 6.30. The van der Waals surface area contributed by atoms with Gasteiger partial charge in [-0.25, -0.2) is 4.79 Å². The fourth-order valence-corrected chi connectivity index (χ4v) is 2.56. The average molecular weight is 441 g/mol. The summed E-state index contributed by atoms with van der Waals surface area (Å²) in [6, 6.07) is 15.8. The lowest BCUT2D eigenvalue weighted by Gasteiger charge is -2.05. The van der Waals surface area contributed by atoms with Crippen molar-refractivity contribution in [1.29, 1.82) is 0 Å². The van der Waals surface area contributed by atoms with Crippen LogP contribution in [0.3, 0.4) is 0 Å². The number of hydrogen-bond donors (Lipinski definition) is 1. The van der Waals surface area contributed by atoms with Gasteiger partial charge in [-0.05, 0) is 60.2 Å². The molecule has 0 bridgehead atoms. The van der Waals surface area contributed by atoms with Crippen molar-refractivity contribution in [2.45, 2.75) is 0 Å². The number of ether oxygens (including phenoxy) is 1. The molecule has 0 spiro atoms. The minimum Gasteiger partial charge on any atom is -0.423 e. The van der Waals surface area contributed by atoms with E-state index in [0.29, 0.717) is 21.9 Å². The molecule has 0 saturated heterocycles. The van der Waals surface area contributed by atoms with Crippen LogP contribution < -0.4 is 10.2 Å². The average Bonchev–Trinajstić information content (AvgIpc) is 2.75. The first-order chi connectivity index (χ1) is 14.8. The molecule has 0 aliphatic rings. The van der Waals surface area contributed by atoms with Crippen LogP contribution in [0.15, 0.2) is 71.8 Å². The van der Waals surface area contributed by atoms with E-state index in [0.717, 1.165) is 12.1 Å². The monoisotopic (exact) mass is 440 g/mol. The number of hydrazone groups is 1. The molecule has 0 fully saturated rings. The van der Waals surface area contributed by atoms with Crippen LogP contribution in [0.1, 0.15) is 15.9 Å². The number of benzene rings is 3. The summed E-state index contributed by atoms with van der Waals surface area (Å²) in [5, 5.41) is 26.3. The van der Waals surface area contributed by atoms with Gasteiger partial charge in [0.2, 0.25) is 0 Å². The number of nitrogens with zero attached hydrogens (tertiary/aromatic N) is 3. The molecule has 31 heavy (non-hydrogen) atoms. The van der Waals surface area contributed by atoms with Crippen molar-refractivity contribution >= 4 is 40.8 Å². The second-order valence-corrected chi connectivity index (χ2v) is 6.49. The number of rotatable bonds is 7. The lowest BCUT2D eigenvalue weighted by molar-refractivity contribution is -0.393. The molecule has 0 atom stereocenters. The molecule has 156 valence electrons. The molecule has 11 heteroatoms. The molecule has 0 heterocycles. The zero-order chi connectivity index (χ0) is 22.4. The molecule has 0 radical (unpaired) electrons. The topological polar surface area (TPSA) is 137 Å². The molecular weight excluding hydrogens is 428 g/mol. The number of nitro groups is 2. The van der Waals surface area contributed by atoms with Gasteiger partial charge in [-0.15, -0.1) is 0 Å². The van der Waals surface area contributed by atoms with Gasteiger partial charge in [0.25, 0.3) is 5.69 Å². The molecule has 10 nitrogen and oxygen atoms in total. The standard InChI is InChI=1S/C20H13ClN4O6/c21-15-5-3-14(4-6-15)20(26)31-17-8-1-13(2-9-17)12-22-23-18-10-7-16(24(27)28)11-19(18)25(29)30/h1-12,23H/b22-12+. The number of anilines is 1. The van der Waals surface area contributed by atoms with Gasteiger partial charge >= 0.3 is 11.7 Å². The highest BCUT2D eigenvalue weighted by Gasteiger charge is 2.19. The Morgan fingerprint density at radius 3 is 2.26 bits per heavy atom. The van der Waals surface area contributed by atoms with Gasteiger partial charge < -0.3 is 4.74 Å². The molecule has 0 aliphatic carbocycles. The Hall–Kier alpha value is -4.31. The van der Waals surface area contributed by atoms with Crippen molar-refractivity contribution < 1.29 is 19.4 Å². The van der Waals surface area contributed by atoms with E-state index >= 15 is 0 Å². The maximum Gasteiger partial charge on any atom is 0.343 e. The molecule has 3 aromatic carbocycles. The quantitative estimate of drug-likeness (QED) is 0.183. The van der Waals surface area contributed by atoms with Gasteiger partial charge in [0.1, 0.15) is 11.4 Å². The minimum absolute atomic E-state index is 0.000338. The van der Waals surface area contributed by atoms with E-state index in [-0.39, 0.29) is 5.69 Å². The van der Waals surface area contributed by atoms with Gasteiger partial charge in [-0.2, -0.15) is 5.10 Å². The molecule has 0 saturated carbocycles. The number of esters is 1. The van der Waals surface area contributed by atoms with Crippen LogP contribution >= 0.6 is 11.6 Å². The van der Waals surface area contributed by atoms with E-state index in [1.165, 1.54) is 12.3 Å². The van der Waals surface area contributed by atoms with Crippen molar-refractivity contribution in [3.63, 3.8) is 0 Å². The van der Waals surface area contributed by atoms with Gasteiger partial charge in [0, 0.05) is 11.1 Å². The summed E-state index contributed by atoms with van der Waals surface area (Å²) in [7, 11) is 0. The predicted octanol–water partition coefficient (Wildman–Crippen LogP) is 4.82. The van der Waals surface area contributed by atoms with Gasteiger partial charge in [0.05, 0.1) is 27.7 Å². The zero-order valence-corrected chi connectivity index (χ0v) is 16.4. The van der Waals surface area contributed by atoms with Crippen LogP contribution in [0.2, 0.25) is 5.02 Å². The Morgan fingerprint density at radius 1 is 0.968 bits per heavy atom. The van der Waals surface area contributed by atoms with E-state index in [1.54, 1.807) is 48.5 Å². The first-order valence-corrected chi connectivity index (χ1v) is 9.01. The number of nitro benzene ring substituents is 2. The van der Waals surface area contributed by atoms with Crippen molar-refractivity contribution in [1.82, 2.24) is 0 Å². The van der Waals surface area contributed by atoms with Gasteiger partial charge in [-0.1, -0.05) is 11.6 Å². The molecule has 0 unspecified atom stereocenters. The second-order valence-electron chi connectivity index (χ2n) is 6.05. The number of carbonyl (C=O) groups is 1. The number of carbonyl (C=O) groups excluding carboxylic acids is 1. The number of nitrogens with one attached hydrogen (secondary N) is 1. The highest BCUT2D eigenvalue weighted by Crippen LogP contribution is 2.28. The summed E-state index contributed by atoms with van der Waals surface area (Å²) in [5.74, 6) is -0.221. The van der Waals surface area contributed by atoms with Crippen LogP contribution in [0.25, 0.3) is 0 Å². The Labute approximate surface area is 180 Å². The van der Waals surface area contributed by atoms with E-state index in [4.69, 9.17) is 16.3 Å². The Morgan fingerprint density at radius 2 is 1.65 bits per heavy atom. The zero-order valence-electron chi connectivity index (χ0n) is 15.6. The van der Waals surface area contributed by atoms with Crippen LogP contribution in [0.4, 0.5) is 17.1 Å². The molecule has 3 rings (SSSR count). The first-order valence-electron chi connectivity index (χ1n) is 8.63. The van der Waals surface area contributed by atoms with Gasteiger partial charge in [0.15, 0.2) is 0 Å². The molecule has 3 aromatic rings. The number of halogens is 1. The molecule has 0 aliphatic heterocycles. The van der Waals surface area contributed by atoms with Crippen LogP contribution in [-0.2, 0) is 0 Å². The summed E-state index contributed by atoms with van der Waals surface area (Å²) in [6.45, 7) is 0. The fourth-order valence-electron chi connectivity index (χ4n) is 2.43. The SMILES string of the molecule is O=C(Oc1ccc(/C=N/Nc2ccc([N+](=O)[O-])cc2[N+](=O)[O-])cc1)c1ccc(Cl)cc1. The first kappa shape index (κ1) is 21.4. The van der Waals surface area contributed by atoms with Crippen molar-refractivity contribution in [3.8, 4) is 5.75 Å². The minimum atomic E-state index is -0.741. The van der Waals surface area contributed by atoms with Crippen LogP contribution in [0.5, 0.6) is 5.75 Å². The molecule has 1 N–H and O–H groups in total. The maximum absolute atomic E-state index is 12.1. The Kier molecular flexibility index (Phi) is 6.53. The summed E-state index contributed by atoms with van der Waals surface area (Å²) in [6.07, 6.45) is 1.38. The van der Waals surface area contributed by atoms with Crippen molar-refractivity contribution in [2.75, 3.05) is 5.43 Å².